The van der Waals surface area contributed by atoms with Crippen LogP contribution >= 0.6 is 0 Å². The fourth-order valence-corrected chi connectivity index (χ4v) is 2.21. The lowest BCUT2D eigenvalue weighted by Gasteiger charge is -2.19. The third-order valence-corrected chi connectivity index (χ3v) is 3.44. The summed E-state index contributed by atoms with van der Waals surface area (Å²) in [5.41, 5.74) is 7.82. The van der Waals surface area contributed by atoms with Gasteiger partial charge in [0.1, 0.15) is 31.2 Å². The van der Waals surface area contributed by atoms with E-state index in [2.05, 4.69) is 21.4 Å². The summed E-state index contributed by atoms with van der Waals surface area (Å²) < 4.78 is 11.1. The molecule has 1 aliphatic heterocycles. The standard InChI is InChI=1S/C15H18N4O2/c1-10-14(16)18-9-19-15(10)17-5-4-11-2-3-12-13(8-11)21-7-6-20-12/h2-3,8-9H,4-7H2,1H3,(H3,16,17,18,19). The Balaban J connectivity index is 1.61. The lowest BCUT2D eigenvalue weighted by atomic mass is 10.1. The second kappa shape index (κ2) is 5.87. The van der Waals surface area contributed by atoms with Crippen molar-refractivity contribution in [3.8, 4) is 11.5 Å². The number of hydrogen-bond donors (Lipinski definition) is 2. The predicted octanol–water partition coefficient (Wildman–Crippen LogP) is 1.79. The number of aromatic nitrogens is 2. The topological polar surface area (TPSA) is 82.3 Å². The van der Waals surface area contributed by atoms with Crippen molar-refractivity contribution in [1.29, 1.82) is 0 Å². The van der Waals surface area contributed by atoms with Crippen LogP contribution in [-0.4, -0.2) is 29.7 Å². The number of nitrogen functional groups attached to an aromatic ring is 1. The molecule has 6 nitrogen and oxygen atoms in total. The third-order valence-electron chi connectivity index (χ3n) is 3.44. The number of fused-ring (bicyclic) bond motifs is 1. The molecule has 0 radical (unpaired) electrons. The monoisotopic (exact) mass is 286 g/mol. The Hall–Kier alpha value is -2.50. The van der Waals surface area contributed by atoms with Gasteiger partial charge in [0.2, 0.25) is 0 Å². The van der Waals surface area contributed by atoms with Crippen molar-refractivity contribution in [1.82, 2.24) is 9.97 Å². The zero-order valence-corrected chi connectivity index (χ0v) is 11.9. The van der Waals surface area contributed by atoms with Crippen molar-refractivity contribution in [3.05, 3.63) is 35.7 Å². The average molecular weight is 286 g/mol. The molecule has 0 saturated heterocycles. The molecule has 3 N–H and O–H groups in total. The molecule has 0 amide bonds. The van der Waals surface area contributed by atoms with Crippen LogP contribution in [0.25, 0.3) is 0 Å². The SMILES string of the molecule is Cc1c(N)ncnc1NCCc1ccc2c(c1)OCCO2. The number of nitrogens with zero attached hydrogens (tertiary/aromatic N) is 2. The molecular formula is C15H18N4O2. The molecule has 110 valence electrons. The number of nitrogens with one attached hydrogen (secondary N) is 1. The van der Waals surface area contributed by atoms with E-state index in [0.29, 0.717) is 19.0 Å². The molecule has 21 heavy (non-hydrogen) atoms. The Morgan fingerprint density at radius 1 is 1.19 bits per heavy atom. The first-order valence-corrected chi connectivity index (χ1v) is 6.93. The maximum atomic E-state index is 5.76. The van der Waals surface area contributed by atoms with Gasteiger partial charge in [-0.2, -0.15) is 0 Å². The lowest BCUT2D eigenvalue weighted by molar-refractivity contribution is 0.171. The fourth-order valence-electron chi connectivity index (χ4n) is 2.21. The van der Waals surface area contributed by atoms with Gasteiger partial charge < -0.3 is 20.5 Å². The first kappa shape index (κ1) is 13.5. The van der Waals surface area contributed by atoms with Gasteiger partial charge in [-0.1, -0.05) is 6.07 Å². The zero-order valence-electron chi connectivity index (χ0n) is 11.9. The first-order valence-electron chi connectivity index (χ1n) is 6.93. The molecular weight excluding hydrogens is 268 g/mol. The summed E-state index contributed by atoms with van der Waals surface area (Å²) in [5, 5.41) is 3.28. The first-order chi connectivity index (χ1) is 10.2. The molecule has 2 aromatic rings. The van der Waals surface area contributed by atoms with Gasteiger partial charge >= 0.3 is 0 Å². The molecule has 1 aromatic carbocycles. The van der Waals surface area contributed by atoms with Crippen LogP contribution in [0.1, 0.15) is 11.1 Å². The number of hydrogen-bond acceptors (Lipinski definition) is 6. The van der Waals surface area contributed by atoms with Gasteiger partial charge in [0, 0.05) is 12.1 Å². The van der Waals surface area contributed by atoms with Gasteiger partial charge in [0.25, 0.3) is 0 Å². The van der Waals surface area contributed by atoms with Crippen molar-refractivity contribution >= 4 is 11.6 Å². The quantitative estimate of drug-likeness (QED) is 0.891. The normalized spacial score (nSPS) is 13.0. The molecule has 3 rings (SSSR count). The minimum atomic E-state index is 0.506. The van der Waals surface area contributed by atoms with Crippen molar-refractivity contribution in [2.24, 2.45) is 0 Å². The molecule has 0 unspecified atom stereocenters. The van der Waals surface area contributed by atoms with Crippen molar-refractivity contribution in [3.63, 3.8) is 0 Å². The van der Waals surface area contributed by atoms with Gasteiger partial charge in [-0.15, -0.1) is 0 Å². The summed E-state index contributed by atoms with van der Waals surface area (Å²) in [5.74, 6) is 2.92. The summed E-state index contributed by atoms with van der Waals surface area (Å²) in [6.07, 6.45) is 2.33. The second-order valence-electron chi connectivity index (χ2n) is 4.89. The second-order valence-corrected chi connectivity index (χ2v) is 4.89. The minimum Gasteiger partial charge on any atom is -0.486 e. The van der Waals surface area contributed by atoms with E-state index in [1.54, 1.807) is 0 Å². The van der Waals surface area contributed by atoms with E-state index in [9.17, 15) is 0 Å². The van der Waals surface area contributed by atoms with Crippen LogP contribution in [0.5, 0.6) is 11.5 Å². The number of ether oxygens (including phenoxy) is 2. The van der Waals surface area contributed by atoms with Crippen molar-refractivity contribution in [2.45, 2.75) is 13.3 Å². The van der Waals surface area contributed by atoms with Gasteiger partial charge in [0.15, 0.2) is 11.5 Å². The highest BCUT2D eigenvalue weighted by molar-refractivity contribution is 5.53. The maximum absolute atomic E-state index is 5.76. The number of nitrogens with two attached hydrogens (primary N) is 1. The third kappa shape index (κ3) is 2.99. The van der Waals surface area contributed by atoms with Crippen molar-refractivity contribution < 1.29 is 9.47 Å². The Labute approximate surface area is 123 Å². The highest BCUT2D eigenvalue weighted by Gasteiger charge is 2.11. The Bertz CT molecular complexity index is 646. The van der Waals surface area contributed by atoms with E-state index < -0.39 is 0 Å². The van der Waals surface area contributed by atoms with E-state index in [0.717, 1.165) is 35.8 Å². The summed E-state index contributed by atoms with van der Waals surface area (Å²) in [6, 6.07) is 6.03. The molecule has 1 aliphatic rings. The molecule has 0 bridgehead atoms. The highest BCUT2D eigenvalue weighted by Crippen LogP contribution is 2.30. The van der Waals surface area contributed by atoms with Crippen LogP contribution in [0, 0.1) is 6.92 Å². The van der Waals surface area contributed by atoms with E-state index in [-0.39, 0.29) is 0 Å². The van der Waals surface area contributed by atoms with Gasteiger partial charge in [0.05, 0.1) is 0 Å². The Morgan fingerprint density at radius 3 is 2.86 bits per heavy atom. The van der Waals surface area contributed by atoms with Crippen LogP contribution in [0.4, 0.5) is 11.6 Å². The molecule has 0 saturated carbocycles. The highest BCUT2D eigenvalue weighted by atomic mass is 16.6. The fraction of sp³-hybridized carbons (Fsp3) is 0.333. The summed E-state index contributed by atoms with van der Waals surface area (Å²) in [6.45, 7) is 3.88. The van der Waals surface area contributed by atoms with Gasteiger partial charge in [-0.3, -0.25) is 0 Å². The predicted molar refractivity (Wildman–Crippen MR) is 80.8 cm³/mol. The summed E-state index contributed by atoms with van der Waals surface area (Å²) in [4.78, 5) is 8.14. The van der Waals surface area contributed by atoms with Crippen molar-refractivity contribution in [2.75, 3.05) is 30.8 Å². The van der Waals surface area contributed by atoms with Crippen LogP contribution in [-0.2, 0) is 6.42 Å². The van der Waals surface area contributed by atoms with Crippen LogP contribution in [0.2, 0.25) is 0 Å². The summed E-state index contributed by atoms with van der Waals surface area (Å²) in [7, 11) is 0. The molecule has 6 heteroatoms. The average Bonchev–Trinajstić information content (AvgIpc) is 2.51. The minimum absolute atomic E-state index is 0.506. The van der Waals surface area contributed by atoms with E-state index in [1.165, 1.54) is 11.9 Å². The van der Waals surface area contributed by atoms with Gasteiger partial charge in [-0.05, 0) is 31.0 Å². The lowest BCUT2D eigenvalue weighted by Crippen LogP contribution is -2.15. The number of anilines is 2. The number of benzene rings is 1. The zero-order chi connectivity index (χ0) is 14.7. The van der Waals surface area contributed by atoms with E-state index in [4.69, 9.17) is 15.2 Å². The molecule has 0 fully saturated rings. The Morgan fingerprint density at radius 2 is 2.00 bits per heavy atom. The summed E-state index contributed by atoms with van der Waals surface area (Å²) >= 11 is 0. The van der Waals surface area contributed by atoms with E-state index >= 15 is 0 Å². The van der Waals surface area contributed by atoms with E-state index in [1.807, 2.05) is 19.1 Å². The van der Waals surface area contributed by atoms with Gasteiger partial charge in [-0.25, -0.2) is 9.97 Å². The Kier molecular flexibility index (Phi) is 3.77. The molecule has 2 heterocycles. The maximum Gasteiger partial charge on any atom is 0.161 e. The molecule has 1 aromatic heterocycles. The molecule has 0 aliphatic carbocycles. The number of rotatable bonds is 4. The molecule has 0 spiro atoms. The molecule has 0 atom stereocenters. The smallest absolute Gasteiger partial charge is 0.161 e. The van der Waals surface area contributed by atoms with Crippen LogP contribution in [0.15, 0.2) is 24.5 Å². The van der Waals surface area contributed by atoms with Crippen LogP contribution < -0.4 is 20.5 Å². The largest absolute Gasteiger partial charge is 0.486 e. The van der Waals surface area contributed by atoms with Crippen LogP contribution in [0.3, 0.4) is 0 Å².